The number of esters is 2. The molecular formula is C9H16O4. The average molecular weight is 188 g/mol. The van der Waals surface area contributed by atoms with E-state index in [4.69, 9.17) is 9.47 Å². The van der Waals surface area contributed by atoms with Crippen LogP contribution in [0.15, 0.2) is 0 Å². The van der Waals surface area contributed by atoms with E-state index < -0.39 is 0 Å². The van der Waals surface area contributed by atoms with Gasteiger partial charge in [0.15, 0.2) is 0 Å². The van der Waals surface area contributed by atoms with Crippen molar-refractivity contribution in [1.82, 2.24) is 0 Å². The second kappa shape index (κ2) is 6.46. The molecule has 0 aliphatic carbocycles. The SMILES string of the molecule is CCC(=O)OCC(C)OC(=O)CC. The molecule has 0 saturated carbocycles. The van der Waals surface area contributed by atoms with Crippen LogP contribution in [0.3, 0.4) is 0 Å². The number of carbonyl (C=O) groups is 2. The Balaban J connectivity index is 3.56. The van der Waals surface area contributed by atoms with Crippen molar-refractivity contribution in [3.8, 4) is 0 Å². The molecule has 0 aliphatic rings. The molecule has 0 aromatic carbocycles. The van der Waals surface area contributed by atoms with Gasteiger partial charge in [-0.1, -0.05) is 13.8 Å². The minimum Gasteiger partial charge on any atom is -0.462 e. The summed E-state index contributed by atoms with van der Waals surface area (Å²) in [4.78, 5) is 21.5. The largest absolute Gasteiger partial charge is 0.462 e. The molecule has 0 bridgehead atoms. The fourth-order valence-electron chi connectivity index (χ4n) is 0.654. The molecule has 0 N–H and O–H groups in total. The zero-order chi connectivity index (χ0) is 10.3. The zero-order valence-electron chi connectivity index (χ0n) is 8.33. The molecule has 0 aromatic rings. The van der Waals surface area contributed by atoms with Gasteiger partial charge in [-0.05, 0) is 6.92 Å². The first kappa shape index (κ1) is 11.9. The van der Waals surface area contributed by atoms with Crippen LogP contribution in [0.25, 0.3) is 0 Å². The number of hydrogen-bond acceptors (Lipinski definition) is 4. The van der Waals surface area contributed by atoms with E-state index in [9.17, 15) is 9.59 Å². The van der Waals surface area contributed by atoms with E-state index in [0.29, 0.717) is 12.8 Å². The Labute approximate surface area is 78.2 Å². The van der Waals surface area contributed by atoms with E-state index in [1.54, 1.807) is 20.8 Å². The Morgan fingerprint density at radius 1 is 1.15 bits per heavy atom. The minimum atomic E-state index is -0.358. The molecule has 76 valence electrons. The van der Waals surface area contributed by atoms with Gasteiger partial charge in [-0.2, -0.15) is 0 Å². The van der Waals surface area contributed by atoms with Crippen LogP contribution in [0.1, 0.15) is 33.6 Å². The minimum absolute atomic E-state index is 0.137. The van der Waals surface area contributed by atoms with Crippen LogP contribution in [-0.4, -0.2) is 24.6 Å². The van der Waals surface area contributed by atoms with Crippen molar-refractivity contribution >= 4 is 11.9 Å². The highest BCUT2D eigenvalue weighted by molar-refractivity contribution is 5.69. The lowest BCUT2D eigenvalue weighted by Crippen LogP contribution is -2.21. The predicted molar refractivity (Wildman–Crippen MR) is 47.1 cm³/mol. The average Bonchev–Trinajstić information content (AvgIpc) is 2.13. The summed E-state index contributed by atoms with van der Waals surface area (Å²) in [5.41, 5.74) is 0. The third-order valence-electron chi connectivity index (χ3n) is 1.39. The highest BCUT2D eigenvalue weighted by Crippen LogP contribution is 1.96. The number of hydrogen-bond donors (Lipinski definition) is 0. The molecular weight excluding hydrogens is 172 g/mol. The van der Waals surface area contributed by atoms with Crippen LogP contribution in [0, 0.1) is 0 Å². The van der Waals surface area contributed by atoms with Crippen molar-refractivity contribution in [2.24, 2.45) is 0 Å². The van der Waals surface area contributed by atoms with E-state index in [1.165, 1.54) is 0 Å². The first-order valence-corrected chi connectivity index (χ1v) is 4.45. The number of ether oxygens (including phenoxy) is 2. The Morgan fingerprint density at radius 2 is 1.69 bits per heavy atom. The Morgan fingerprint density at radius 3 is 2.15 bits per heavy atom. The van der Waals surface area contributed by atoms with Crippen molar-refractivity contribution in [2.75, 3.05) is 6.61 Å². The molecule has 4 heteroatoms. The predicted octanol–water partition coefficient (Wildman–Crippen LogP) is 1.28. The quantitative estimate of drug-likeness (QED) is 0.610. The fourth-order valence-corrected chi connectivity index (χ4v) is 0.654. The van der Waals surface area contributed by atoms with Gasteiger partial charge in [-0.3, -0.25) is 9.59 Å². The van der Waals surface area contributed by atoms with Gasteiger partial charge in [-0.25, -0.2) is 0 Å². The van der Waals surface area contributed by atoms with Gasteiger partial charge in [0.05, 0.1) is 0 Å². The first-order valence-electron chi connectivity index (χ1n) is 4.45. The summed E-state index contributed by atoms with van der Waals surface area (Å²) >= 11 is 0. The van der Waals surface area contributed by atoms with Gasteiger partial charge in [0.25, 0.3) is 0 Å². The Bertz CT molecular complexity index is 176. The maximum absolute atomic E-state index is 10.8. The normalized spacial score (nSPS) is 11.9. The summed E-state index contributed by atoms with van der Waals surface area (Å²) < 4.78 is 9.66. The molecule has 13 heavy (non-hydrogen) atoms. The standard InChI is InChI=1S/C9H16O4/c1-4-8(10)12-6-7(3)13-9(11)5-2/h7H,4-6H2,1-3H3. The summed E-state index contributed by atoms with van der Waals surface area (Å²) in [6.45, 7) is 5.26. The lowest BCUT2D eigenvalue weighted by atomic mass is 10.4. The van der Waals surface area contributed by atoms with Crippen molar-refractivity contribution in [3.63, 3.8) is 0 Å². The molecule has 0 spiro atoms. The molecule has 1 unspecified atom stereocenters. The zero-order valence-corrected chi connectivity index (χ0v) is 8.33. The second-order valence-electron chi connectivity index (χ2n) is 2.69. The van der Waals surface area contributed by atoms with Crippen LogP contribution in [0.2, 0.25) is 0 Å². The van der Waals surface area contributed by atoms with E-state index >= 15 is 0 Å². The maximum atomic E-state index is 10.8. The number of carbonyl (C=O) groups excluding carboxylic acids is 2. The van der Waals surface area contributed by atoms with Crippen LogP contribution >= 0.6 is 0 Å². The summed E-state index contributed by atoms with van der Waals surface area (Å²) in [6, 6.07) is 0. The van der Waals surface area contributed by atoms with E-state index in [-0.39, 0.29) is 24.6 Å². The van der Waals surface area contributed by atoms with Gasteiger partial charge < -0.3 is 9.47 Å². The Hall–Kier alpha value is -1.06. The van der Waals surface area contributed by atoms with Crippen LogP contribution < -0.4 is 0 Å². The van der Waals surface area contributed by atoms with Crippen LogP contribution in [0.5, 0.6) is 0 Å². The molecule has 1 atom stereocenters. The second-order valence-corrected chi connectivity index (χ2v) is 2.69. The molecule has 0 saturated heterocycles. The lowest BCUT2D eigenvalue weighted by Gasteiger charge is -2.12. The topological polar surface area (TPSA) is 52.6 Å². The van der Waals surface area contributed by atoms with Crippen molar-refractivity contribution in [2.45, 2.75) is 39.7 Å². The lowest BCUT2D eigenvalue weighted by molar-refractivity contribution is -0.157. The van der Waals surface area contributed by atoms with Crippen LogP contribution in [-0.2, 0) is 19.1 Å². The monoisotopic (exact) mass is 188 g/mol. The molecule has 0 aliphatic heterocycles. The van der Waals surface area contributed by atoms with E-state index in [2.05, 4.69) is 0 Å². The van der Waals surface area contributed by atoms with Gasteiger partial charge in [0, 0.05) is 12.8 Å². The summed E-state index contributed by atoms with van der Waals surface area (Å²) in [6.07, 6.45) is 0.323. The Kier molecular flexibility index (Phi) is 5.93. The third kappa shape index (κ3) is 6.13. The van der Waals surface area contributed by atoms with Gasteiger partial charge in [0.2, 0.25) is 0 Å². The van der Waals surface area contributed by atoms with E-state index in [0.717, 1.165) is 0 Å². The maximum Gasteiger partial charge on any atom is 0.305 e. The molecule has 4 nitrogen and oxygen atoms in total. The molecule has 0 radical (unpaired) electrons. The highest BCUT2D eigenvalue weighted by atomic mass is 16.6. The van der Waals surface area contributed by atoms with Crippen molar-refractivity contribution in [3.05, 3.63) is 0 Å². The molecule has 0 aromatic heterocycles. The third-order valence-corrected chi connectivity index (χ3v) is 1.39. The van der Waals surface area contributed by atoms with Gasteiger partial charge in [0.1, 0.15) is 12.7 Å². The van der Waals surface area contributed by atoms with E-state index in [1.807, 2.05) is 0 Å². The van der Waals surface area contributed by atoms with Gasteiger partial charge in [-0.15, -0.1) is 0 Å². The molecule has 0 rings (SSSR count). The summed E-state index contributed by atoms with van der Waals surface area (Å²) in [7, 11) is 0. The summed E-state index contributed by atoms with van der Waals surface area (Å²) in [5, 5.41) is 0. The first-order chi connectivity index (χ1) is 6.10. The molecule has 0 fully saturated rings. The fraction of sp³-hybridized carbons (Fsp3) is 0.778. The van der Waals surface area contributed by atoms with Crippen molar-refractivity contribution < 1.29 is 19.1 Å². The number of rotatable bonds is 5. The van der Waals surface area contributed by atoms with Crippen molar-refractivity contribution in [1.29, 1.82) is 0 Å². The van der Waals surface area contributed by atoms with Gasteiger partial charge >= 0.3 is 11.9 Å². The highest BCUT2D eigenvalue weighted by Gasteiger charge is 2.09. The molecule has 0 heterocycles. The smallest absolute Gasteiger partial charge is 0.305 e. The summed E-state index contributed by atoms with van der Waals surface area (Å²) in [5.74, 6) is -0.556. The van der Waals surface area contributed by atoms with Crippen LogP contribution in [0.4, 0.5) is 0 Å². The molecule has 0 amide bonds.